The fraction of sp³-hybridized carbons (Fsp3) is 0.286. The first kappa shape index (κ1) is 13.7. The average Bonchev–Trinajstić information content (AvgIpc) is 3.04. The van der Waals surface area contributed by atoms with Crippen LogP contribution < -0.4 is 5.32 Å². The summed E-state index contributed by atoms with van der Waals surface area (Å²) in [6.07, 6.45) is 2.61. The largest absolute Gasteiger partial charge is 0.352 e. The summed E-state index contributed by atoms with van der Waals surface area (Å²) in [7, 11) is 0. The Hall–Kier alpha value is -2.28. The molecule has 1 aromatic carbocycles. The van der Waals surface area contributed by atoms with Crippen LogP contribution in [0.1, 0.15) is 22.6 Å². The van der Waals surface area contributed by atoms with Gasteiger partial charge in [-0.2, -0.15) is 9.61 Å². The number of nitrogens with zero attached hydrogens (tertiary/aromatic N) is 4. The molecule has 6 nitrogen and oxygen atoms in total. The van der Waals surface area contributed by atoms with Crippen molar-refractivity contribution >= 4 is 22.2 Å². The van der Waals surface area contributed by atoms with E-state index in [1.807, 2.05) is 25.1 Å². The molecule has 3 aromatic rings. The van der Waals surface area contributed by atoms with Gasteiger partial charge < -0.3 is 5.32 Å². The second-order valence-electron chi connectivity index (χ2n) is 4.82. The molecule has 0 radical (unpaired) electrons. The lowest BCUT2D eigenvalue weighted by Gasteiger charge is -2.05. The zero-order valence-electron chi connectivity index (χ0n) is 11.6. The van der Waals surface area contributed by atoms with Crippen LogP contribution in [0.5, 0.6) is 0 Å². The topological polar surface area (TPSA) is 72.2 Å². The molecule has 0 aliphatic rings. The van der Waals surface area contributed by atoms with Crippen LogP contribution in [0.25, 0.3) is 4.96 Å². The molecule has 0 atom stereocenters. The Bertz CT molecular complexity index is 735. The predicted molar refractivity (Wildman–Crippen MR) is 80.0 cm³/mol. The highest BCUT2D eigenvalue weighted by molar-refractivity contribution is 7.16. The third-order valence-electron chi connectivity index (χ3n) is 3.07. The molecule has 0 aliphatic heterocycles. The van der Waals surface area contributed by atoms with Crippen LogP contribution in [0.4, 0.5) is 0 Å². The first-order chi connectivity index (χ1) is 10.2. The Labute approximate surface area is 125 Å². The summed E-state index contributed by atoms with van der Waals surface area (Å²) in [6, 6.07) is 8.12. The van der Waals surface area contributed by atoms with Gasteiger partial charge in [0, 0.05) is 19.4 Å². The number of aryl methyl sites for hydroxylation is 2. The van der Waals surface area contributed by atoms with Crippen molar-refractivity contribution in [2.24, 2.45) is 0 Å². The number of carbonyl (C=O) groups excluding carboxylic acids is 1. The molecule has 108 valence electrons. The Morgan fingerprint density at radius 2 is 2.33 bits per heavy atom. The average molecular weight is 301 g/mol. The standard InChI is InChI=1S/C14H15N5OS/c1-10-3-2-4-11(7-10)8-15-12(20)5-6-13-18-19-9-16-17-14(19)21-13/h2-4,7,9H,5-6,8H2,1H3,(H,15,20). The maximum Gasteiger partial charge on any atom is 0.234 e. The Morgan fingerprint density at radius 1 is 1.43 bits per heavy atom. The zero-order valence-corrected chi connectivity index (χ0v) is 12.4. The summed E-state index contributed by atoms with van der Waals surface area (Å²) in [5, 5.41) is 15.8. The third kappa shape index (κ3) is 3.43. The quantitative estimate of drug-likeness (QED) is 0.779. The fourth-order valence-electron chi connectivity index (χ4n) is 2.03. The van der Waals surface area contributed by atoms with Gasteiger partial charge >= 0.3 is 0 Å². The van der Waals surface area contributed by atoms with Crippen molar-refractivity contribution in [3.05, 3.63) is 46.7 Å². The number of hydrogen-bond donors (Lipinski definition) is 1. The van der Waals surface area contributed by atoms with E-state index in [0.29, 0.717) is 19.4 Å². The molecular weight excluding hydrogens is 286 g/mol. The lowest BCUT2D eigenvalue weighted by Crippen LogP contribution is -2.23. The van der Waals surface area contributed by atoms with Gasteiger partial charge in [-0.05, 0) is 12.5 Å². The second-order valence-corrected chi connectivity index (χ2v) is 5.86. The molecule has 0 unspecified atom stereocenters. The molecule has 0 aliphatic carbocycles. The highest BCUT2D eigenvalue weighted by Crippen LogP contribution is 2.13. The second kappa shape index (κ2) is 6.01. The number of rotatable bonds is 5. The third-order valence-corrected chi connectivity index (χ3v) is 4.04. The molecule has 1 N–H and O–H groups in total. The number of hydrogen-bond acceptors (Lipinski definition) is 5. The first-order valence-corrected chi connectivity index (χ1v) is 7.50. The van der Waals surface area contributed by atoms with E-state index in [9.17, 15) is 4.79 Å². The minimum absolute atomic E-state index is 0.0301. The SMILES string of the molecule is Cc1cccc(CNC(=O)CCc2nn3cnnc3s2)c1. The highest BCUT2D eigenvalue weighted by Gasteiger charge is 2.08. The normalized spacial score (nSPS) is 10.9. The molecule has 21 heavy (non-hydrogen) atoms. The Balaban J connectivity index is 1.49. The smallest absolute Gasteiger partial charge is 0.234 e. The summed E-state index contributed by atoms with van der Waals surface area (Å²) in [6.45, 7) is 2.60. The van der Waals surface area contributed by atoms with Gasteiger partial charge in [0.1, 0.15) is 11.3 Å². The molecule has 0 saturated heterocycles. The van der Waals surface area contributed by atoms with Crippen molar-refractivity contribution in [2.75, 3.05) is 0 Å². The molecule has 7 heteroatoms. The molecule has 0 saturated carbocycles. The van der Waals surface area contributed by atoms with E-state index in [1.54, 1.807) is 10.8 Å². The van der Waals surface area contributed by atoms with Crippen LogP contribution in [0, 0.1) is 6.92 Å². The van der Waals surface area contributed by atoms with E-state index in [0.717, 1.165) is 15.5 Å². The first-order valence-electron chi connectivity index (χ1n) is 6.69. The van der Waals surface area contributed by atoms with Gasteiger partial charge in [-0.3, -0.25) is 4.79 Å². The van der Waals surface area contributed by atoms with E-state index >= 15 is 0 Å². The lowest BCUT2D eigenvalue weighted by atomic mass is 10.1. The molecular formula is C14H15N5OS. The van der Waals surface area contributed by atoms with E-state index in [1.165, 1.54) is 16.9 Å². The van der Waals surface area contributed by atoms with Crippen LogP contribution in [-0.4, -0.2) is 25.7 Å². The minimum atomic E-state index is 0.0301. The molecule has 2 heterocycles. The fourth-order valence-corrected chi connectivity index (χ4v) is 2.85. The number of aromatic nitrogens is 4. The summed E-state index contributed by atoms with van der Waals surface area (Å²) in [5.74, 6) is 0.0301. The van der Waals surface area contributed by atoms with Crippen molar-refractivity contribution in [2.45, 2.75) is 26.3 Å². The lowest BCUT2D eigenvalue weighted by molar-refractivity contribution is -0.121. The monoisotopic (exact) mass is 301 g/mol. The minimum Gasteiger partial charge on any atom is -0.352 e. The van der Waals surface area contributed by atoms with Crippen LogP contribution in [0.15, 0.2) is 30.6 Å². The van der Waals surface area contributed by atoms with Gasteiger partial charge in [-0.25, -0.2) is 0 Å². The summed E-state index contributed by atoms with van der Waals surface area (Å²) in [4.78, 5) is 12.6. The van der Waals surface area contributed by atoms with Crippen molar-refractivity contribution in [3.8, 4) is 0 Å². The maximum absolute atomic E-state index is 11.9. The van der Waals surface area contributed by atoms with Crippen LogP contribution in [0.3, 0.4) is 0 Å². The van der Waals surface area contributed by atoms with Gasteiger partial charge in [0.15, 0.2) is 0 Å². The number of amides is 1. The van der Waals surface area contributed by atoms with E-state index in [-0.39, 0.29) is 5.91 Å². The Kier molecular flexibility index (Phi) is 3.92. The van der Waals surface area contributed by atoms with Crippen molar-refractivity contribution in [1.29, 1.82) is 0 Å². The van der Waals surface area contributed by atoms with Crippen molar-refractivity contribution < 1.29 is 4.79 Å². The molecule has 3 rings (SSSR count). The van der Waals surface area contributed by atoms with Gasteiger partial charge in [-0.15, -0.1) is 10.2 Å². The predicted octanol–water partition coefficient (Wildman–Crippen LogP) is 1.74. The number of nitrogens with one attached hydrogen (secondary N) is 1. The van der Waals surface area contributed by atoms with Gasteiger partial charge in [0.25, 0.3) is 0 Å². The van der Waals surface area contributed by atoms with Crippen LogP contribution in [0.2, 0.25) is 0 Å². The molecule has 0 bridgehead atoms. The number of fused-ring (bicyclic) bond motifs is 1. The van der Waals surface area contributed by atoms with E-state index in [2.05, 4.69) is 26.7 Å². The van der Waals surface area contributed by atoms with Crippen molar-refractivity contribution in [1.82, 2.24) is 25.1 Å². The molecule has 0 fully saturated rings. The molecule has 2 aromatic heterocycles. The number of carbonyl (C=O) groups is 1. The van der Waals surface area contributed by atoms with E-state index < -0.39 is 0 Å². The van der Waals surface area contributed by atoms with E-state index in [4.69, 9.17) is 0 Å². The van der Waals surface area contributed by atoms with Gasteiger partial charge in [-0.1, -0.05) is 41.2 Å². The summed E-state index contributed by atoms with van der Waals surface area (Å²) < 4.78 is 1.63. The summed E-state index contributed by atoms with van der Waals surface area (Å²) >= 11 is 1.46. The number of benzene rings is 1. The van der Waals surface area contributed by atoms with Crippen LogP contribution in [-0.2, 0) is 17.8 Å². The maximum atomic E-state index is 11.9. The highest BCUT2D eigenvalue weighted by atomic mass is 32.1. The van der Waals surface area contributed by atoms with Gasteiger partial charge in [0.2, 0.25) is 10.9 Å². The molecule has 1 amide bonds. The Morgan fingerprint density at radius 3 is 3.14 bits per heavy atom. The summed E-state index contributed by atoms with van der Waals surface area (Å²) in [5.41, 5.74) is 2.31. The zero-order chi connectivity index (χ0) is 14.7. The van der Waals surface area contributed by atoms with Crippen LogP contribution >= 0.6 is 11.3 Å². The molecule has 0 spiro atoms. The van der Waals surface area contributed by atoms with Crippen molar-refractivity contribution in [3.63, 3.8) is 0 Å². The van der Waals surface area contributed by atoms with Gasteiger partial charge in [0.05, 0.1) is 0 Å².